The highest BCUT2D eigenvalue weighted by Crippen LogP contribution is 2.20. The Labute approximate surface area is 138 Å². The van der Waals surface area contributed by atoms with Gasteiger partial charge in [-0.25, -0.2) is 0 Å². The molecular formula is C16H17BrClNO2. The zero-order chi connectivity index (χ0) is 15.2. The Bertz CT molecular complexity index is 589. The molecule has 0 aliphatic carbocycles. The number of halogens is 2. The molecule has 5 heteroatoms. The van der Waals surface area contributed by atoms with Crippen molar-refractivity contribution >= 4 is 33.2 Å². The van der Waals surface area contributed by atoms with Gasteiger partial charge in [0.2, 0.25) is 0 Å². The maximum absolute atomic E-state index is 9.96. The first-order valence-electron chi connectivity index (χ1n) is 6.61. The molecule has 0 spiro atoms. The molecule has 21 heavy (non-hydrogen) atoms. The molecule has 0 radical (unpaired) electrons. The molecule has 2 aromatic rings. The van der Waals surface area contributed by atoms with Gasteiger partial charge in [0, 0.05) is 21.7 Å². The molecule has 112 valence electrons. The number of anilines is 1. The van der Waals surface area contributed by atoms with E-state index in [0.29, 0.717) is 17.3 Å². The van der Waals surface area contributed by atoms with Gasteiger partial charge in [-0.2, -0.15) is 0 Å². The van der Waals surface area contributed by atoms with Gasteiger partial charge in [-0.3, -0.25) is 0 Å². The number of hydrogen-bond donors (Lipinski definition) is 2. The van der Waals surface area contributed by atoms with Gasteiger partial charge in [-0.05, 0) is 48.9 Å². The van der Waals surface area contributed by atoms with E-state index in [1.54, 1.807) is 24.3 Å². The van der Waals surface area contributed by atoms with Crippen molar-refractivity contribution in [2.75, 3.05) is 18.5 Å². The number of aryl methyl sites for hydroxylation is 1. The van der Waals surface area contributed by atoms with E-state index in [-0.39, 0.29) is 6.61 Å². The van der Waals surface area contributed by atoms with Crippen molar-refractivity contribution in [2.45, 2.75) is 13.0 Å². The van der Waals surface area contributed by atoms with Crippen molar-refractivity contribution < 1.29 is 9.84 Å². The summed E-state index contributed by atoms with van der Waals surface area (Å²) < 4.78 is 6.51. The smallest absolute Gasteiger partial charge is 0.119 e. The van der Waals surface area contributed by atoms with Gasteiger partial charge < -0.3 is 15.2 Å². The number of ether oxygens (including phenoxy) is 1. The number of aliphatic hydroxyl groups is 1. The third kappa shape index (κ3) is 5.23. The first-order valence-corrected chi connectivity index (χ1v) is 7.78. The molecule has 0 saturated carbocycles. The van der Waals surface area contributed by atoms with E-state index in [1.807, 2.05) is 25.1 Å². The summed E-state index contributed by atoms with van der Waals surface area (Å²) in [5.74, 6) is 0.692. The van der Waals surface area contributed by atoms with E-state index < -0.39 is 6.10 Å². The summed E-state index contributed by atoms with van der Waals surface area (Å²) in [5, 5.41) is 13.8. The van der Waals surface area contributed by atoms with Gasteiger partial charge in [0.1, 0.15) is 18.5 Å². The fourth-order valence-electron chi connectivity index (χ4n) is 1.79. The molecule has 0 aliphatic rings. The molecule has 3 nitrogen and oxygen atoms in total. The number of hydrogen-bond acceptors (Lipinski definition) is 3. The second kappa shape index (κ2) is 7.69. The SMILES string of the molecule is Cc1ccc(Br)cc1NCC(O)COc1ccc(Cl)cc1. The van der Waals surface area contributed by atoms with Gasteiger partial charge in [0.25, 0.3) is 0 Å². The van der Waals surface area contributed by atoms with Crippen LogP contribution in [0.25, 0.3) is 0 Å². The molecule has 0 saturated heterocycles. The molecule has 2 aromatic carbocycles. The lowest BCUT2D eigenvalue weighted by Crippen LogP contribution is -2.26. The summed E-state index contributed by atoms with van der Waals surface area (Å²) in [6.45, 7) is 2.66. The van der Waals surface area contributed by atoms with E-state index >= 15 is 0 Å². The van der Waals surface area contributed by atoms with E-state index in [9.17, 15) is 5.11 Å². The standard InChI is InChI=1S/C16H17BrClNO2/c1-11-2-3-12(17)8-16(11)19-9-14(20)10-21-15-6-4-13(18)5-7-15/h2-8,14,19-20H,9-10H2,1H3. The van der Waals surface area contributed by atoms with Gasteiger partial charge in [-0.15, -0.1) is 0 Å². The minimum absolute atomic E-state index is 0.224. The molecule has 0 fully saturated rings. The minimum Gasteiger partial charge on any atom is -0.491 e. The molecule has 1 atom stereocenters. The van der Waals surface area contributed by atoms with Crippen molar-refractivity contribution in [3.05, 3.63) is 57.5 Å². The Hall–Kier alpha value is -1.23. The number of benzene rings is 2. The second-order valence-electron chi connectivity index (χ2n) is 4.76. The van der Waals surface area contributed by atoms with Crippen LogP contribution in [-0.2, 0) is 0 Å². The fraction of sp³-hybridized carbons (Fsp3) is 0.250. The molecule has 2 rings (SSSR count). The Morgan fingerprint density at radius 1 is 1.24 bits per heavy atom. The van der Waals surface area contributed by atoms with Gasteiger partial charge in [0.05, 0.1) is 0 Å². The van der Waals surface area contributed by atoms with Crippen molar-refractivity contribution in [3.63, 3.8) is 0 Å². The normalized spacial score (nSPS) is 12.0. The molecule has 2 N–H and O–H groups in total. The van der Waals surface area contributed by atoms with E-state index in [2.05, 4.69) is 21.2 Å². The Balaban J connectivity index is 1.80. The molecule has 0 aromatic heterocycles. The van der Waals surface area contributed by atoms with E-state index in [0.717, 1.165) is 15.7 Å². The molecular weight excluding hydrogens is 354 g/mol. The third-order valence-corrected chi connectivity index (χ3v) is 3.73. The predicted octanol–water partition coefficient (Wildman–Crippen LogP) is 4.26. The monoisotopic (exact) mass is 369 g/mol. The lowest BCUT2D eigenvalue weighted by Gasteiger charge is -2.15. The van der Waals surface area contributed by atoms with E-state index in [1.165, 1.54) is 0 Å². The minimum atomic E-state index is -0.598. The number of rotatable bonds is 6. The Kier molecular flexibility index (Phi) is 5.91. The topological polar surface area (TPSA) is 41.5 Å². The van der Waals surface area contributed by atoms with Crippen LogP contribution in [0.4, 0.5) is 5.69 Å². The highest BCUT2D eigenvalue weighted by Gasteiger charge is 2.07. The van der Waals surface area contributed by atoms with Crippen LogP contribution < -0.4 is 10.1 Å². The van der Waals surface area contributed by atoms with Gasteiger partial charge in [-0.1, -0.05) is 33.6 Å². The molecule has 0 bridgehead atoms. The van der Waals surface area contributed by atoms with Crippen molar-refractivity contribution in [3.8, 4) is 5.75 Å². The number of aliphatic hydroxyl groups excluding tert-OH is 1. The van der Waals surface area contributed by atoms with Crippen LogP contribution in [0.1, 0.15) is 5.56 Å². The maximum atomic E-state index is 9.96. The zero-order valence-corrected chi connectivity index (χ0v) is 14.0. The quantitative estimate of drug-likeness (QED) is 0.798. The van der Waals surface area contributed by atoms with Crippen molar-refractivity contribution in [2.24, 2.45) is 0 Å². The summed E-state index contributed by atoms with van der Waals surface area (Å²) in [6.07, 6.45) is -0.598. The summed E-state index contributed by atoms with van der Waals surface area (Å²) in [5.41, 5.74) is 2.12. The lowest BCUT2D eigenvalue weighted by molar-refractivity contribution is 0.117. The average molecular weight is 371 g/mol. The van der Waals surface area contributed by atoms with Crippen LogP contribution >= 0.6 is 27.5 Å². The third-order valence-electron chi connectivity index (χ3n) is 2.98. The highest BCUT2D eigenvalue weighted by atomic mass is 79.9. The van der Waals surface area contributed by atoms with Crippen LogP contribution in [0, 0.1) is 6.92 Å². The van der Waals surface area contributed by atoms with Crippen LogP contribution in [0.2, 0.25) is 5.02 Å². The highest BCUT2D eigenvalue weighted by molar-refractivity contribution is 9.10. The second-order valence-corrected chi connectivity index (χ2v) is 6.11. The van der Waals surface area contributed by atoms with Crippen LogP contribution in [-0.4, -0.2) is 24.4 Å². The zero-order valence-electron chi connectivity index (χ0n) is 11.6. The van der Waals surface area contributed by atoms with E-state index in [4.69, 9.17) is 16.3 Å². The van der Waals surface area contributed by atoms with Crippen LogP contribution in [0.3, 0.4) is 0 Å². The average Bonchev–Trinajstić information content (AvgIpc) is 2.47. The first-order chi connectivity index (χ1) is 10.0. The molecule has 0 aliphatic heterocycles. The molecule has 1 unspecified atom stereocenters. The van der Waals surface area contributed by atoms with Gasteiger partial charge >= 0.3 is 0 Å². The maximum Gasteiger partial charge on any atom is 0.119 e. The van der Waals surface area contributed by atoms with Crippen molar-refractivity contribution in [1.29, 1.82) is 0 Å². The largest absolute Gasteiger partial charge is 0.491 e. The lowest BCUT2D eigenvalue weighted by atomic mass is 10.2. The fourth-order valence-corrected chi connectivity index (χ4v) is 2.28. The van der Waals surface area contributed by atoms with Crippen LogP contribution in [0.5, 0.6) is 5.75 Å². The summed E-state index contributed by atoms with van der Waals surface area (Å²) in [6, 6.07) is 13.1. The molecule has 0 heterocycles. The van der Waals surface area contributed by atoms with Crippen LogP contribution in [0.15, 0.2) is 46.9 Å². The molecule has 0 amide bonds. The Morgan fingerprint density at radius 2 is 1.95 bits per heavy atom. The summed E-state index contributed by atoms with van der Waals surface area (Å²) >= 11 is 9.23. The first kappa shape index (κ1) is 16.1. The summed E-state index contributed by atoms with van der Waals surface area (Å²) in [7, 11) is 0. The number of nitrogens with one attached hydrogen (secondary N) is 1. The predicted molar refractivity (Wildman–Crippen MR) is 90.3 cm³/mol. The summed E-state index contributed by atoms with van der Waals surface area (Å²) in [4.78, 5) is 0. The van der Waals surface area contributed by atoms with Gasteiger partial charge in [0.15, 0.2) is 0 Å². The Morgan fingerprint density at radius 3 is 2.67 bits per heavy atom. The van der Waals surface area contributed by atoms with Crippen molar-refractivity contribution in [1.82, 2.24) is 0 Å².